The van der Waals surface area contributed by atoms with Gasteiger partial charge in [0.05, 0.1) is 19.3 Å². The van der Waals surface area contributed by atoms with Crippen molar-refractivity contribution in [3.05, 3.63) is 35.9 Å². The predicted molar refractivity (Wildman–Crippen MR) is 61.1 cm³/mol. The van der Waals surface area contributed by atoms with Gasteiger partial charge in [0.25, 0.3) is 0 Å². The second kappa shape index (κ2) is 4.53. The smallest absolute Gasteiger partial charge is 0.120 e. The van der Waals surface area contributed by atoms with Gasteiger partial charge in [-0.3, -0.25) is 0 Å². The van der Waals surface area contributed by atoms with Gasteiger partial charge in [-0.1, -0.05) is 30.3 Å². The average Bonchev–Trinajstić information content (AvgIpc) is 2.93. The number of ether oxygens (including phenoxy) is 2. The third kappa shape index (κ3) is 2.43. The number of hydrogen-bond acceptors (Lipinski definition) is 3. The van der Waals surface area contributed by atoms with Gasteiger partial charge < -0.3 is 14.6 Å². The third-order valence-electron chi connectivity index (χ3n) is 3.19. The molecular formula is C13H18O3. The zero-order valence-electron chi connectivity index (χ0n) is 9.72. The molecule has 3 nitrogen and oxygen atoms in total. The number of rotatable bonds is 5. The Morgan fingerprint density at radius 3 is 2.69 bits per heavy atom. The second-order valence-corrected chi connectivity index (χ2v) is 4.47. The summed E-state index contributed by atoms with van der Waals surface area (Å²) in [6.07, 6.45) is -0.422. The molecule has 3 atom stereocenters. The molecule has 3 heteroatoms. The molecule has 1 aromatic carbocycles. The quantitative estimate of drug-likeness (QED) is 0.772. The first-order valence-corrected chi connectivity index (χ1v) is 5.60. The van der Waals surface area contributed by atoms with Gasteiger partial charge in [-0.15, -0.1) is 0 Å². The van der Waals surface area contributed by atoms with E-state index in [-0.39, 0.29) is 6.10 Å². The largest absolute Gasteiger partial charge is 0.390 e. The van der Waals surface area contributed by atoms with Crippen LogP contribution in [0.5, 0.6) is 0 Å². The molecular weight excluding hydrogens is 204 g/mol. The minimum absolute atomic E-state index is 0.0243. The molecule has 0 unspecified atom stereocenters. The fourth-order valence-electron chi connectivity index (χ4n) is 1.70. The lowest BCUT2D eigenvalue weighted by Gasteiger charge is -2.09. The molecule has 0 radical (unpaired) electrons. The highest BCUT2D eigenvalue weighted by Gasteiger charge is 2.55. The van der Waals surface area contributed by atoms with Crippen molar-refractivity contribution in [2.75, 3.05) is 6.61 Å². The highest BCUT2D eigenvalue weighted by molar-refractivity contribution is 5.13. The molecule has 2 rings (SSSR count). The van der Waals surface area contributed by atoms with Crippen LogP contribution in [0.1, 0.15) is 19.4 Å². The van der Waals surface area contributed by atoms with E-state index in [0.29, 0.717) is 13.2 Å². The zero-order chi connectivity index (χ0) is 11.6. The van der Waals surface area contributed by atoms with Crippen LogP contribution in [0.25, 0.3) is 0 Å². The fourth-order valence-corrected chi connectivity index (χ4v) is 1.70. The van der Waals surface area contributed by atoms with Crippen molar-refractivity contribution in [3.8, 4) is 0 Å². The lowest BCUT2D eigenvalue weighted by atomic mass is 10.0. The normalized spacial score (nSPS) is 30.1. The van der Waals surface area contributed by atoms with E-state index in [9.17, 15) is 5.11 Å². The van der Waals surface area contributed by atoms with Crippen LogP contribution in [-0.4, -0.2) is 29.5 Å². The Hall–Kier alpha value is -0.900. The Bertz CT molecular complexity index is 336. The summed E-state index contributed by atoms with van der Waals surface area (Å²) in [4.78, 5) is 0. The van der Waals surface area contributed by atoms with Gasteiger partial charge in [-0.25, -0.2) is 0 Å². The molecule has 88 valence electrons. The predicted octanol–water partition coefficient (Wildman–Crippen LogP) is 1.74. The van der Waals surface area contributed by atoms with Gasteiger partial charge in [-0.2, -0.15) is 0 Å². The Balaban J connectivity index is 1.71. The van der Waals surface area contributed by atoms with E-state index in [2.05, 4.69) is 0 Å². The SMILES string of the molecule is C[C@@H](O)[C@]1(C)O[C@@H]1COCc1ccccc1. The topological polar surface area (TPSA) is 42.0 Å². The van der Waals surface area contributed by atoms with Crippen molar-refractivity contribution in [2.45, 2.75) is 38.3 Å². The van der Waals surface area contributed by atoms with E-state index in [1.807, 2.05) is 37.3 Å². The Morgan fingerprint density at radius 1 is 1.44 bits per heavy atom. The Kier molecular flexibility index (Phi) is 3.28. The maximum absolute atomic E-state index is 9.46. The van der Waals surface area contributed by atoms with E-state index in [1.54, 1.807) is 6.92 Å². The van der Waals surface area contributed by atoms with Crippen LogP contribution >= 0.6 is 0 Å². The van der Waals surface area contributed by atoms with Crippen LogP contribution in [0.2, 0.25) is 0 Å². The molecule has 0 aliphatic carbocycles. The van der Waals surface area contributed by atoms with Gasteiger partial charge in [-0.05, 0) is 19.4 Å². The van der Waals surface area contributed by atoms with Crippen molar-refractivity contribution in [1.29, 1.82) is 0 Å². The summed E-state index contributed by atoms with van der Waals surface area (Å²) in [7, 11) is 0. The van der Waals surface area contributed by atoms with Crippen molar-refractivity contribution in [2.24, 2.45) is 0 Å². The number of epoxide rings is 1. The van der Waals surface area contributed by atoms with Crippen molar-refractivity contribution in [1.82, 2.24) is 0 Å². The fraction of sp³-hybridized carbons (Fsp3) is 0.538. The molecule has 1 aromatic rings. The molecule has 0 amide bonds. The van der Waals surface area contributed by atoms with Crippen molar-refractivity contribution in [3.63, 3.8) is 0 Å². The maximum atomic E-state index is 9.46. The van der Waals surface area contributed by atoms with Crippen LogP contribution in [-0.2, 0) is 16.1 Å². The molecule has 1 aliphatic heterocycles. The van der Waals surface area contributed by atoms with E-state index in [1.165, 1.54) is 0 Å². The minimum Gasteiger partial charge on any atom is -0.390 e. The Labute approximate surface area is 96.0 Å². The van der Waals surface area contributed by atoms with Crippen LogP contribution in [0.15, 0.2) is 30.3 Å². The molecule has 1 N–H and O–H groups in total. The van der Waals surface area contributed by atoms with E-state index in [4.69, 9.17) is 9.47 Å². The first-order valence-electron chi connectivity index (χ1n) is 5.60. The van der Waals surface area contributed by atoms with Gasteiger partial charge >= 0.3 is 0 Å². The van der Waals surface area contributed by atoms with E-state index < -0.39 is 11.7 Å². The molecule has 0 bridgehead atoms. The summed E-state index contributed by atoms with van der Waals surface area (Å²) in [5.41, 5.74) is 0.748. The van der Waals surface area contributed by atoms with Gasteiger partial charge in [0, 0.05) is 0 Å². The van der Waals surface area contributed by atoms with Crippen molar-refractivity contribution < 1.29 is 14.6 Å². The standard InChI is InChI=1S/C13H18O3/c1-10(14)13(2)12(16-13)9-15-8-11-6-4-3-5-7-11/h3-7,10,12,14H,8-9H2,1-2H3/t10-,12-,13+/m1/s1. The molecule has 0 spiro atoms. The highest BCUT2D eigenvalue weighted by Crippen LogP contribution is 2.39. The first-order chi connectivity index (χ1) is 7.63. The molecule has 16 heavy (non-hydrogen) atoms. The molecule has 1 heterocycles. The highest BCUT2D eigenvalue weighted by atomic mass is 16.6. The second-order valence-electron chi connectivity index (χ2n) is 4.47. The lowest BCUT2D eigenvalue weighted by molar-refractivity contribution is 0.100. The molecule has 1 saturated heterocycles. The Morgan fingerprint density at radius 2 is 2.12 bits per heavy atom. The summed E-state index contributed by atoms with van der Waals surface area (Å²) >= 11 is 0. The van der Waals surface area contributed by atoms with Crippen LogP contribution in [0, 0.1) is 0 Å². The number of hydrogen-bond donors (Lipinski definition) is 1. The number of benzene rings is 1. The maximum Gasteiger partial charge on any atom is 0.120 e. The lowest BCUT2D eigenvalue weighted by Crippen LogP contribution is -2.27. The zero-order valence-corrected chi connectivity index (χ0v) is 9.72. The van der Waals surface area contributed by atoms with Crippen molar-refractivity contribution >= 4 is 0 Å². The van der Waals surface area contributed by atoms with E-state index >= 15 is 0 Å². The summed E-state index contributed by atoms with van der Waals surface area (Å²) in [5, 5.41) is 9.46. The molecule has 1 fully saturated rings. The molecule has 1 aliphatic rings. The minimum atomic E-state index is -0.446. The monoisotopic (exact) mass is 222 g/mol. The summed E-state index contributed by atoms with van der Waals surface area (Å²) in [6.45, 7) is 4.79. The first kappa shape index (κ1) is 11.6. The average molecular weight is 222 g/mol. The van der Waals surface area contributed by atoms with Gasteiger partial charge in [0.15, 0.2) is 0 Å². The molecule has 0 saturated carbocycles. The summed E-state index contributed by atoms with van der Waals surface area (Å²) in [6, 6.07) is 10.0. The van der Waals surface area contributed by atoms with Crippen LogP contribution in [0.3, 0.4) is 0 Å². The van der Waals surface area contributed by atoms with Crippen LogP contribution < -0.4 is 0 Å². The number of aliphatic hydroxyl groups excluding tert-OH is 1. The molecule has 0 aromatic heterocycles. The summed E-state index contributed by atoms with van der Waals surface area (Å²) in [5.74, 6) is 0. The van der Waals surface area contributed by atoms with E-state index in [0.717, 1.165) is 5.56 Å². The third-order valence-corrected chi connectivity index (χ3v) is 3.19. The van der Waals surface area contributed by atoms with Crippen LogP contribution in [0.4, 0.5) is 0 Å². The number of aliphatic hydroxyl groups is 1. The summed E-state index contributed by atoms with van der Waals surface area (Å²) < 4.78 is 11.0. The van der Waals surface area contributed by atoms with Gasteiger partial charge in [0.1, 0.15) is 11.7 Å². The van der Waals surface area contributed by atoms with Gasteiger partial charge in [0.2, 0.25) is 0 Å².